The molecule has 0 bridgehead atoms. The third-order valence-electron chi connectivity index (χ3n) is 2.13. The highest BCUT2D eigenvalue weighted by molar-refractivity contribution is 6.08. The fourth-order valence-electron chi connectivity index (χ4n) is 1.29. The van der Waals surface area contributed by atoms with Crippen LogP contribution in [0.2, 0.25) is 6.32 Å². The van der Waals surface area contributed by atoms with Crippen LogP contribution in [0.3, 0.4) is 0 Å². The van der Waals surface area contributed by atoms with Crippen LogP contribution in [-0.4, -0.2) is 21.1 Å². The summed E-state index contributed by atoms with van der Waals surface area (Å²) in [5, 5.41) is 0. The second kappa shape index (κ2) is 3.73. The Kier molecular flexibility index (Phi) is 2.43. The normalized spacial score (nSPS) is 16.6. The molecule has 0 spiro atoms. The van der Waals surface area contributed by atoms with Crippen molar-refractivity contribution in [2.75, 3.05) is 13.2 Å². The molecule has 2 radical (unpaired) electrons. The van der Waals surface area contributed by atoms with E-state index in [0.29, 0.717) is 25.5 Å². The highest BCUT2D eigenvalue weighted by Gasteiger charge is 2.15. The van der Waals surface area contributed by atoms with Gasteiger partial charge in [0.05, 0.1) is 21.1 Å². The predicted octanol–water partition coefficient (Wildman–Crippen LogP) is 1.66. The number of rotatable bonds is 1. The van der Waals surface area contributed by atoms with E-state index in [0.717, 1.165) is 11.5 Å². The van der Waals surface area contributed by atoms with Crippen LogP contribution in [0.4, 0.5) is 0 Å². The second-order valence-corrected chi connectivity index (χ2v) is 3.17. The number of benzene rings is 1. The maximum atomic E-state index is 5.55. The van der Waals surface area contributed by atoms with E-state index < -0.39 is 0 Å². The third-order valence-corrected chi connectivity index (χ3v) is 2.13. The molecule has 2 nitrogen and oxygen atoms in total. The molecular weight excluding hydrogens is 163 g/mol. The number of ether oxygens (including phenoxy) is 2. The maximum absolute atomic E-state index is 5.55. The number of fused-ring (bicyclic) bond motifs is 1. The highest BCUT2D eigenvalue weighted by atomic mass is 16.5. The summed E-state index contributed by atoms with van der Waals surface area (Å²) in [5.41, 5.74) is 0. The lowest BCUT2D eigenvalue weighted by Gasteiger charge is -2.09. The molecule has 2 rings (SSSR count). The summed E-state index contributed by atoms with van der Waals surface area (Å²) in [5.74, 6) is 1.93. The molecule has 1 aliphatic rings. The van der Waals surface area contributed by atoms with Crippen molar-refractivity contribution in [3.63, 3.8) is 0 Å². The van der Waals surface area contributed by atoms with Crippen molar-refractivity contribution in [3.05, 3.63) is 24.3 Å². The molecule has 66 valence electrons. The van der Waals surface area contributed by atoms with Crippen LogP contribution in [0.5, 0.6) is 11.5 Å². The van der Waals surface area contributed by atoms with Gasteiger partial charge in [-0.25, -0.2) is 0 Å². The first-order valence-electron chi connectivity index (χ1n) is 4.45. The average molecular weight is 174 g/mol. The SMILES string of the molecule is [B]CC1COc2ccccc2OC1. The van der Waals surface area contributed by atoms with E-state index in [2.05, 4.69) is 0 Å². The zero-order valence-electron chi connectivity index (χ0n) is 7.40. The summed E-state index contributed by atoms with van der Waals surface area (Å²) in [4.78, 5) is 0. The standard InChI is InChI=1S/C10H11BO2/c11-5-8-6-12-9-3-1-2-4-10(9)13-7-8/h1-4,8H,5-7H2. The molecule has 1 aromatic rings. The summed E-state index contributed by atoms with van der Waals surface area (Å²) in [6.45, 7) is 1.29. The van der Waals surface area contributed by atoms with Crippen LogP contribution in [0, 0.1) is 5.92 Å². The molecule has 0 fully saturated rings. The Balaban J connectivity index is 2.17. The lowest BCUT2D eigenvalue weighted by atomic mass is 9.92. The van der Waals surface area contributed by atoms with Crippen molar-refractivity contribution in [3.8, 4) is 11.5 Å². The van der Waals surface area contributed by atoms with E-state index in [1.165, 1.54) is 0 Å². The van der Waals surface area contributed by atoms with E-state index in [1.54, 1.807) is 0 Å². The second-order valence-electron chi connectivity index (χ2n) is 3.17. The molecule has 1 aliphatic heterocycles. The lowest BCUT2D eigenvalue weighted by Crippen LogP contribution is -2.15. The first-order chi connectivity index (χ1) is 6.40. The molecule has 1 aromatic carbocycles. The molecule has 13 heavy (non-hydrogen) atoms. The third kappa shape index (κ3) is 1.79. The topological polar surface area (TPSA) is 18.5 Å². The van der Waals surface area contributed by atoms with E-state index in [4.69, 9.17) is 17.3 Å². The van der Waals surface area contributed by atoms with E-state index in [-0.39, 0.29) is 0 Å². The van der Waals surface area contributed by atoms with Crippen molar-refractivity contribution in [2.24, 2.45) is 5.92 Å². The average Bonchev–Trinajstić information content (AvgIpc) is 2.39. The van der Waals surface area contributed by atoms with Crippen LogP contribution in [-0.2, 0) is 0 Å². The molecule has 0 saturated heterocycles. The van der Waals surface area contributed by atoms with Gasteiger partial charge in [0.15, 0.2) is 11.5 Å². The minimum Gasteiger partial charge on any atom is -0.489 e. The zero-order valence-corrected chi connectivity index (χ0v) is 7.40. The van der Waals surface area contributed by atoms with Gasteiger partial charge in [-0.2, -0.15) is 0 Å². The molecular formula is C10H11BO2. The van der Waals surface area contributed by atoms with Crippen LogP contribution in [0.15, 0.2) is 24.3 Å². The van der Waals surface area contributed by atoms with Crippen molar-refractivity contribution in [1.29, 1.82) is 0 Å². The largest absolute Gasteiger partial charge is 0.489 e. The van der Waals surface area contributed by atoms with Gasteiger partial charge in [-0.15, -0.1) is 0 Å². The van der Waals surface area contributed by atoms with Gasteiger partial charge in [0.1, 0.15) is 0 Å². The fourth-order valence-corrected chi connectivity index (χ4v) is 1.29. The number of hydrogen-bond donors (Lipinski definition) is 0. The minimum absolute atomic E-state index is 0.299. The molecule has 0 aliphatic carbocycles. The number of hydrogen-bond acceptors (Lipinski definition) is 2. The monoisotopic (exact) mass is 174 g/mol. The van der Waals surface area contributed by atoms with Crippen LogP contribution in [0.25, 0.3) is 0 Å². The van der Waals surface area contributed by atoms with Crippen molar-refractivity contribution < 1.29 is 9.47 Å². The lowest BCUT2D eigenvalue weighted by molar-refractivity contribution is 0.228. The van der Waals surface area contributed by atoms with Gasteiger partial charge in [-0.3, -0.25) is 0 Å². The molecule has 1 heterocycles. The molecule has 0 N–H and O–H groups in total. The van der Waals surface area contributed by atoms with Gasteiger partial charge >= 0.3 is 0 Å². The summed E-state index contributed by atoms with van der Waals surface area (Å²) in [7, 11) is 5.55. The number of para-hydroxylation sites is 2. The first-order valence-corrected chi connectivity index (χ1v) is 4.45. The Labute approximate surface area is 79.3 Å². The van der Waals surface area contributed by atoms with Gasteiger partial charge in [0.2, 0.25) is 0 Å². The van der Waals surface area contributed by atoms with Crippen molar-refractivity contribution in [1.82, 2.24) is 0 Å². The van der Waals surface area contributed by atoms with Gasteiger partial charge in [-0.1, -0.05) is 18.5 Å². The van der Waals surface area contributed by atoms with Crippen LogP contribution >= 0.6 is 0 Å². The highest BCUT2D eigenvalue weighted by Crippen LogP contribution is 2.29. The Morgan fingerprint density at radius 3 is 2.15 bits per heavy atom. The van der Waals surface area contributed by atoms with Gasteiger partial charge in [0, 0.05) is 5.92 Å². The van der Waals surface area contributed by atoms with Crippen LogP contribution < -0.4 is 9.47 Å². The Morgan fingerprint density at radius 2 is 1.69 bits per heavy atom. The van der Waals surface area contributed by atoms with Crippen molar-refractivity contribution >= 4 is 7.85 Å². The van der Waals surface area contributed by atoms with Crippen LogP contribution in [0.1, 0.15) is 0 Å². The molecule has 0 saturated carbocycles. The molecule has 0 unspecified atom stereocenters. The Morgan fingerprint density at radius 1 is 1.15 bits per heavy atom. The fraction of sp³-hybridized carbons (Fsp3) is 0.400. The van der Waals surface area contributed by atoms with Crippen molar-refractivity contribution in [2.45, 2.75) is 6.32 Å². The molecule has 0 amide bonds. The van der Waals surface area contributed by atoms with E-state index in [9.17, 15) is 0 Å². The Hall–Kier alpha value is -1.12. The van der Waals surface area contributed by atoms with E-state index >= 15 is 0 Å². The zero-order chi connectivity index (χ0) is 9.10. The maximum Gasteiger partial charge on any atom is 0.161 e. The van der Waals surface area contributed by atoms with E-state index in [1.807, 2.05) is 24.3 Å². The Bertz CT molecular complexity index is 261. The minimum atomic E-state index is 0.299. The predicted molar refractivity (Wildman–Crippen MR) is 51.5 cm³/mol. The quantitative estimate of drug-likeness (QED) is 0.602. The molecule has 0 atom stereocenters. The molecule has 0 aromatic heterocycles. The summed E-state index contributed by atoms with van der Waals surface area (Å²) >= 11 is 0. The summed E-state index contributed by atoms with van der Waals surface area (Å²) < 4.78 is 11.1. The van der Waals surface area contributed by atoms with Gasteiger partial charge in [-0.05, 0) is 12.1 Å². The van der Waals surface area contributed by atoms with Gasteiger partial charge in [0.25, 0.3) is 0 Å². The van der Waals surface area contributed by atoms with Gasteiger partial charge < -0.3 is 9.47 Å². The first kappa shape index (κ1) is 8.48. The summed E-state index contributed by atoms with van der Waals surface area (Å²) in [6.07, 6.45) is 0.605. The smallest absolute Gasteiger partial charge is 0.161 e. The summed E-state index contributed by atoms with van der Waals surface area (Å²) in [6, 6.07) is 7.69. The molecule has 3 heteroatoms.